The Bertz CT molecular complexity index is 469. The van der Waals surface area contributed by atoms with Crippen molar-refractivity contribution in [3.63, 3.8) is 0 Å². The van der Waals surface area contributed by atoms with Crippen LogP contribution in [0.15, 0.2) is 0 Å². The molecule has 0 heterocycles. The Labute approximate surface area is 145 Å². The van der Waals surface area contributed by atoms with Crippen LogP contribution in [0.4, 0.5) is 0 Å². The number of hydrogen-bond donors (Lipinski definition) is 7. The zero-order valence-electron chi connectivity index (χ0n) is 14.4. The van der Waals surface area contributed by atoms with Crippen molar-refractivity contribution in [2.24, 2.45) is 5.73 Å². The monoisotopic (exact) mass is 361 g/mol. The zero-order valence-corrected chi connectivity index (χ0v) is 14.4. The van der Waals surface area contributed by atoms with Crippen LogP contribution in [-0.2, 0) is 19.2 Å². The lowest BCUT2D eigenvalue weighted by Crippen LogP contribution is -2.51. The quantitative estimate of drug-likeness (QED) is 0.180. The molecule has 0 saturated heterocycles. The Morgan fingerprint density at radius 3 is 1.96 bits per heavy atom. The number of hydrogen-bond acceptors (Lipinski definition) is 7. The maximum absolute atomic E-state index is 12.1. The second-order valence-corrected chi connectivity index (χ2v) is 5.33. The molecule has 0 bridgehead atoms. The summed E-state index contributed by atoms with van der Waals surface area (Å²) in [5.74, 6) is -3.28. The van der Waals surface area contributed by atoms with E-state index in [1.165, 1.54) is 7.05 Å². The van der Waals surface area contributed by atoms with Crippen LogP contribution in [0.5, 0.6) is 0 Å². The standard InChI is InChI=1S/C14H27N5O6/c1-16-8(3-4-11(20)21)13(23)19-9(14(24)25)5-6-18-12(22)10(7-15)17-2/h8-10,16-17H,3-7,15H2,1-2H3,(H,18,22)(H,19,23)(H,20,21)(H,24,25)/t8-,9?,10-/m0/s1. The molecule has 0 fully saturated rings. The summed E-state index contributed by atoms with van der Waals surface area (Å²) in [5.41, 5.74) is 5.41. The summed E-state index contributed by atoms with van der Waals surface area (Å²) in [5, 5.41) is 28.1. The van der Waals surface area contributed by atoms with Crippen molar-refractivity contribution in [1.82, 2.24) is 21.3 Å². The van der Waals surface area contributed by atoms with E-state index in [0.29, 0.717) is 0 Å². The largest absolute Gasteiger partial charge is 0.481 e. The van der Waals surface area contributed by atoms with E-state index in [2.05, 4.69) is 21.3 Å². The smallest absolute Gasteiger partial charge is 0.326 e. The molecular formula is C14H27N5O6. The fourth-order valence-electron chi connectivity index (χ4n) is 2.02. The molecule has 1 unspecified atom stereocenters. The molecular weight excluding hydrogens is 334 g/mol. The first kappa shape index (κ1) is 22.8. The number of aliphatic carboxylic acids is 2. The molecule has 0 aliphatic heterocycles. The number of nitrogens with two attached hydrogens (primary N) is 1. The topological polar surface area (TPSA) is 183 Å². The van der Waals surface area contributed by atoms with Gasteiger partial charge >= 0.3 is 11.9 Å². The average molecular weight is 361 g/mol. The molecule has 25 heavy (non-hydrogen) atoms. The third-order valence-electron chi connectivity index (χ3n) is 3.56. The first-order chi connectivity index (χ1) is 11.8. The number of likely N-dealkylation sites (N-methyl/N-ethyl adjacent to an activating group) is 2. The predicted octanol–water partition coefficient (Wildman–Crippen LogP) is -2.94. The van der Waals surface area contributed by atoms with Gasteiger partial charge in [0.1, 0.15) is 6.04 Å². The molecule has 2 amide bonds. The van der Waals surface area contributed by atoms with Crippen molar-refractivity contribution in [2.45, 2.75) is 37.4 Å². The van der Waals surface area contributed by atoms with E-state index in [-0.39, 0.29) is 38.3 Å². The van der Waals surface area contributed by atoms with Crippen LogP contribution < -0.4 is 27.0 Å². The molecule has 144 valence electrons. The number of amides is 2. The van der Waals surface area contributed by atoms with Crippen LogP contribution in [0.3, 0.4) is 0 Å². The van der Waals surface area contributed by atoms with Gasteiger partial charge in [-0.25, -0.2) is 4.79 Å². The first-order valence-electron chi connectivity index (χ1n) is 7.84. The van der Waals surface area contributed by atoms with E-state index < -0.39 is 36.0 Å². The summed E-state index contributed by atoms with van der Waals surface area (Å²) in [6, 6.07) is -2.61. The Morgan fingerprint density at radius 1 is 0.920 bits per heavy atom. The molecule has 0 aliphatic rings. The van der Waals surface area contributed by atoms with E-state index in [4.69, 9.17) is 10.8 Å². The minimum atomic E-state index is -1.25. The molecule has 3 atom stereocenters. The second-order valence-electron chi connectivity index (χ2n) is 5.33. The molecule has 8 N–H and O–H groups in total. The van der Waals surface area contributed by atoms with Crippen molar-refractivity contribution in [2.75, 3.05) is 27.2 Å². The number of carbonyl (C=O) groups excluding carboxylic acids is 2. The predicted molar refractivity (Wildman–Crippen MR) is 88.8 cm³/mol. The lowest BCUT2D eigenvalue weighted by molar-refractivity contribution is -0.142. The summed E-state index contributed by atoms with van der Waals surface area (Å²) in [6.45, 7) is 0.127. The highest BCUT2D eigenvalue weighted by atomic mass is 16.4. The van der Waals surface area contributed by atoms with Crippen LogP contribution in [0.2, 0.25) is 0 Å². The van der Waals surface area contributed by atoms with Crippen molar-refractivity contribution >= 4 is 23.8 Å². The number of carbonyl (C=O) groups is 4. The lowest BCUT2D eigenvalue weighted by atomic mass is 10.1. The van der Waals surface area contributed by atoms with Crippen molar-refractivity contribution in [3.8, 4) is 0 Å². The molecule has 0 aromatic carbocycles. The molecule has 11 nitrogen and oxygen atoms in total. The van der Waals surface area contributed by atoms with Gasteiger partial charge in [0.2, 0.25) is 11.8 Å². The van der Waals surface area contributed by atoms with Gasteiger partial charge in [-0.3, -0.25) is 14.4 Å². The highest BCUT2D eigenvalue weighted by molar-refractivity contribution is 5.87. The molecule has 0 saturated carbocycles. The van der Waals surface area contributed by atoms with Gasteiger partial charge in [0.05, 0.1) is 12.1 Å². The van der Waals surface area contributed by atoms with Gasteiger partial charge in [0.15, 0.2) is 0 Å². The zero-order chi connectivity index (χ0) is 19.4. The van der Waals surface area contributed by atoms with Crippen LogP contribution >= 0.6 is 0 Å². The Balaban J connectivity index is 4.54. The van der Waals surface area contributed by atoms with Crippen molar-refractivity contribution in [3.05, 3.63) is 0 Å². The van der Waals surface area contributed by atoms with E-state index in [1.807, 2.05) is 0 Å². The normalized spacial score (nSPS) is 14.2. The molecule has 0 spiro atoms. The van der Waals surface area contributed by atoms with Crippen LogP contribution in [0.25, 0.3) is 0 Å². The average Bonchev–Trinajstić information content (AvgIpc) is 2.55. The minimum absolute atomic E-state index is 0.0246. The van der Waals surface area contributed by atoms with Gasteiger partial charge < -0.3 is 37.2 Å². The second kappa shape index (κ2) is 12.2. The number of carboxylic acid groups (broad SMARTS) is 2. The summed E-state index contributed by atoms with van der Waals surface area (Å²) in [7, 11) is 3.05. The SMILES string of the molecule is CN[C@@H](CN)C(=O)NCCC(NC(=O)[C@H](CCC(=O)O)NC)C(=O)O. The lowest BCUT2D eigenvalue weighted by Gasteiger charge is -2.20. The first-order valence-corrected chi connectivity index (χ1v) is 7.84. The highest BCUT2D eigenvalue weighted by Crippen LogP contribution is 2.00. The number of rotatable bonds is 13. The molecule has 11 heteroatoms. The van der Waals surface area contributed by atoms with Gasteiger partial charge in [-0.05, 0) is 26.9 Å². The maximum atomic E-state index is 12.1. The summed E-state index contributed by atoms with van der Waals surface area (Å²) >= 11 is 0. The van der Waals surface area contributed by atoms with E-state index in [0.717, 1.165) is 0 Å². The molecule has 0 aromatic heterocycles. The highest BCUT2D eigenvalue weighted by Gasteiger charge is 2.25. The van der Waals surface area contributed by atoms with Crippen LogP contribution in [-0.4, -0.2) is 79.3 Å². The third-order valence-corrected chi connectivity index (χ3v) is 3.56. The van der Waals surface area contributed by atoms with Gasteiger partial charge in [0, 0.05) is 19.5 Å². The number of carboxylic acids is 2. The Morgan fingerprint density at radius 2 is 1.52 bits per heavy atom. The molecule has 0 rings (SSSR count). The van der Waals surface area contributed by atoms with Gasteiger partial charge in [-0.15, -0.1) is 0 Å². The van der Waals surface area contributed by atoms with E-state index in [9.17, 15) is 24.3 Å². The van der Waals surface area contributed by atoms with E-state index >= 15 is 0 Å². The molecule has 0 aromatic rings. The number of nitrogens with one attached hydrogen (secondary N) is 4. The summed E-state index contributed by atoms with van der Waals surface area (Å²) in [6.07, 6.45) is -0.221. The van der Waals surface area contributed by atoms with Gasteiger partial charge in [-0.2, -0.15) is 0 Å². The van der Waals surface area contributed by atoms with Gasteiger partial charge in [-0.1, -0.05) is 0 Å². The van der Waals surface area contributed by atoms with Gasteiger partial charge in [0.25, 0.3) is 0 Å². The molecule has 0 radical (unpaired) electrons. The van der Waals surface area contributed by atoms with Crippen molar-refractivity contribution < 1.29 is 29.4 Å². The maximum Gasteiger partial charge on any atom is 0.326 e. The van der Waals surface area contributed by atoms with Crippen LogP contribution in [0, 0.1) is 0 Å². The summed E-state index contributed by atoms with van der Waals surface area (Å²) in [4.78, 5) is 45.6. The third kappa shape index (κ3) is 8.98. The summed E-state index contributed by atoms with van der Waals surface area (Å²) < 4.78 is 0. The molecule has 0 aliphatic carbocycles. The Hall–Kier alpha value is -2.24. The van der Waals surface area contributed by atoms with Crippen LogP contribution in [0.1, 0.15) is 19.3 Å². The minimum Gasteiger partial charge on any atom is -0.481 e. The van der Waals surface area contributed by atoms with E-state index in [1.54, 1.807) is 7.05 Å². The fourth-order valence-corrected chi connectivity index (χ4v) is 2.02. The Kier molecular flexibility index (Phi) is 11.1. The van der Waals surface area contributed by atoms with Crippen molar-refractivity contribution in [1.29, 1.82) is 0 Å². The fraction of sp³-hybridized carbons (Fsp3) is 0.714.